The standard InChI is InChI=1S/C13H16N2O4/c1-2-4-17-9-11-6-12(15-19-11)13(16)14-7-10-3-5-18-8-10/h1,6,10H,3-5,7-9H2,(H,14,16). The molecule has 1 aliphatic rings. The third kappa shape index (κ3) is 4.09. The number of hydrogen-bond donors (Lipinski definition) is 1. The largest absolute Gasteiger partial charge is 0.381 e. The van der Waals surface area contributed by atoms with Crippen LogP contribution in [0.3, 0.4) is 0 Å². The summed E-state index contributed by atoms with van der Waals surface area (Å²) in [5.41, 5.74) is 0.248. The third-order valence-corrected chi connectivity index (χ3v) is 2.80. The summed E-state index contributed by atoms with van der Waals surface area (Å²) in [6.45, 7) is 2.46. The molecule has 0 aromatic carbocycles. The Bertz CT molecular complexity index is 457. The normalized spacial score (nSPS) is 18.2. The Morgan fingerprint density at radius 2 is 2.58 bits per heavy atom. The van der Waals surface area contributed by atoms with Crippen molar-refractivity contribution in [2.45, 2.75) is 13.0 Å². The molecule has 1 saturated heterocycles. The Morgan fingerprint density at radius 3 is 3.32 bits per heavy atom. The molecule has 0 saturated carbocycles. The van der Waals surface area contributed by atoms with E-state index in [1.165, 1.54) is 0 Å². The number of carbonyl (C=O) groups excluding carboxylic acids is 1. The first-order valence-corrected chi connectivity index (χ1v) is 6.12. The molecule has 0 bridgehead atoms. The second-order valence-electron chi connectivity index (χ2n) is 4.32. The smallest absolute Gasteiger partial charge is 0.273 e. The molecule has 1 fully saturated rings. The third-order valence-electron chi connectivity index (χ3n) is 2.80. The zero-order chi connectivity index (χ0) is 13.5. The number of aromatic nitrogens is 1. The fourth-order valence-electron chi connectivity index (χ4n) is 1.77. The summed E-state index contributed by atoms with van der Waals surface area (Å²) in [5, 5.41) is 6.50. The van der Waals surface area contributed by atoms with Gasteiger partial charge in [-0.2, -0.15) is 0 Å². The number of rotatable bonds is 6. The number of nitrogens with zero attached hydrogens (tertiary/aromatic N) is 1. The van der Waals surface area contributed by atoms with E-state index in [0.29, 0.717) is 24.8 Å². The lowest BCUT2D eigenvalue weighted by Gasteiger charge is -2.07. The van der Waals surface area contributed by atoms with Crippen molar-refractivity contribution in [1.82, 2.24) is 10.5 Å². The Labute approximate surface area is 111 Å². The second kappa shape index (κ2) is 6.92. The molecule has 102 valence electrons. The van der Waals surface area contributed by atoms with E-state index in [4.69, 9.17) is 20.4 Å². The first-order valence-electron chi connectivity index (χ1n) is 6.12. The average Bonchev–Trinajstić information content (AvgIpc) is 3.07. The molecular weight excluding hydrogens is 248 g/mol. The number of terminal acetylenes is 1. The van der Waals surface area contributed by atoms with Gasteiger partial charge >= 0.3 is 0 Å². The Balaban J connectivity index is 1.77. The van der Waals surface area contributed by atoms with Crippen molar-refractivity contribution >= 4 is 5.91 Å². The highest BCUT2D eigenvalue weighted by Gasteiger charge is 2.18. The Kier molecular flexibility index (Phi) is 4.95. The van der Waals surface area contributed by atoms with Crippen LogP contribution < -0.4 is 5.32 Å². The minimum Gasteiger partial charge on any atom is -0.381 e. The van der Waals surface area contributed by atoms with Crippen molar-refractivity contribution in [2.24, 2.45) is 5.92 Å². The van der Waals surface area contributed by atoms with E-state index in [9.17, 15) is 4.79 Å². The molecule has 1 atom stereocenters. The summed E-state index contributed by atoms with van der Waals surface area (Å²) >= 11 is 0. The number of amides is 1. The molecule has 1 aromatic heterocycles. The SMILES string of the molecule is C#CCOCc1cc(C(=O)NCC2CCOC2)no1. The van der Waals surface area contributed by atoms with Crippen LogP contribution in [0.15, 0.2) is 10.6 Å². The highest BCUT2D eigenvalue weighted by Crippen LogP contribution is 2.11. The van der Waals surface area contributed by atoms with Crippen LogP contribution >= 0.6 is 0 Å². The van der Waals surface area contributed by atoms with Crippen LogP contribution in [0.1, 0.15) is 22.7 Å². The van der Waals surface area contributed by atoms with E-state index in [1.807, 2.05) is 0 Å². The Hall–Kier alpha value is -1.84. The highest BCUT2D eigenvalue weighted by molar-refractivity contribution is 5.92. The molecule has 0 spiro atoms. The molecule has 1 aliphatic heterocycles. The zero-order valence-corrected chi connectivity index (χ0v) is 10.6. The van der Waals surface area contributed by atoms with Gasteiger partial charge in [0, 0.05) is 25.1 Å². The maximum atomic E-state index is 11.8. The van der Waals surface area contributed by atoms with E-state index < -0.39 is 0 Å². The number of nitrogens with one attached hydrogen (secondary N) is 1. The first-order chi connectivity index (χ1) is 9.29. The maximum absolute atomic E-state index is 11.8. The van der Waals surface area contributed by atoms with Gasteiger partial charge < -0.3 is 19.3 Å². The number of ether oxygens (including phenoxy) is 2. The molecule has 0 aliphatic carbocycles. The number of carbonyl (C=O) groups is 1. The van der Waals surface area contributed by atoms with Crippen LogP contribution in [0.2, 0.25) is 0 Å². The van der Waals surface area contributed by atoms with Crippen LogP contribution in [-0.4, -0.2) is 37.4 Å². The van der Waals surface area contributed by atoms with Crippen molar-refractivity contribution in [3.8, 4) is 12.3 Å². The lowest BCUT2D eigenvalue weighted by Crippen LogP contribution is -2.29. The lowest BCUT2D eigenvalue weighted by atomic mass is 10.1. The van der Waals surface area contributed by atoms with Gasteiger partial charge in [-0.25, -0.2) is 0 Å². The lowest BCUT2D eigenvalue weighted by molar-refractivity contribution is 0.0934. The average molecular weight is 264 g/mol. The zero-order valence-electron chi connectivity index (χ0n) is 10.6. The summed E-state index contributed by atoms with van der Waals surface area (Å²) in [4.78, 5) is 11.8. The van der Waals surface area contributed by atoms with Crippen LogP contribution in [-0.2, 0) is 16.1 Å². The van der Waals surface area contributed by atoms with Gasteiger partial charge in [0.05, 0.1) is 6.61 Å². The summed E-state index contributed by atoms with van der Waals surface area (Å²) in [6, 6.07) is 1.55. The minimum atomic E-state index is -0.251. The highest BCUT2D eigenvalue weighted by atomic mass is 16.5. The van der Waals surface area contributed by atoms with E-state index in [1.54, 1.807) is 6.07 Å². The summed E-state index contributed by atoms with van der Waals surface area (Å²) < 4.78 is 15.3. The molecule has 1 unspecified atom stereocenters. The quantitative estimate of drug-likeness (QED) is 0.601. The van der Waals surface area contributed by atoms with Crippen molar-refractivity contribution in [3.05, 3.63) is 17.5 Å². The fraction of sp³-hybridized carbons (Fsp3) is 0.538. The van der Waals surface area contributed by atoms with E-state index in [2.05, 4.69) is 16.4 Å². The van der Waals surface area contributed by atoms with E-state index in [0.717, 1.165) is 13.0 Å². The van der Waals surface area contributed by atoms with Gasteiger partial charge in [0.25, 0.3) is 5.91 Å². The van der Waals surface area contributed by atoms with Crippen molar-refractivity contribution in [3.63, 3.8) is 0 Å². The van der Waals surface area contributed by atoms with Crippen molar-refractivity contribution < 1.29 is 18.8 Å². The monoisotopic (exact) mass is 264 g/mol. The maximum Gasteiger partial charge on any atom is 0.273 e. The molecule has 1 amide bonds. The molecular formula is C13H16N2O4. The second-order valence-corrected chi connectivity index (χ2v) is 4.32. The Morgan fingerprint density at radius 1 is 1.68 bits per heavy atom. The molecule has 1 N–H and O–H groups in total. The molecule has 6 heteroatoms. The van der Waals surface area contributed by atoms with Gasteiger partial charge in [-0.15, -0.1) is 6.42 Å². The van der Waals surface area contributed by atoms with Gasteiger partial charge in [-0.05, 0) is 6.42 Å². The molecule has 1 aromatic rings. The van der Waals surface area contributed by atoms with Gasteiger partial charge in [-0.1, -0.05) is 11.1 Å². The minimum absolute atomic E-state index is 0.198. The summed E-state index contributed by atoms with van der Waals surface area (Å²) in [7, 11) is 0. The molecule has 19 heavy (non-hydrogen) atoms. The van der Waals surface area contributed by atoms with E-state index in [-0.39, 0.29) is 24.8 Å². The van der Waals surface area contributed by atoms with Gasteiger partial charge in [0.2, 0.25) is 0 Å². The summed E-state index contributed by atoms with van der Waals surface area (Å²) in [5.74, 6) is 2.95. The van der Waals surface area contributed by atoms with Crippen molar-refractivity contribution in [1.29, 1.82) is 0 Å². The van der Waals surface area contributed by atoms with Crippen LogP contribution in [0, 0.1) is 18.3 Å². The van der Waals surface area contributed by atoms with Crippen LogP contribution in [0.25, 0.3) is 0 Å². The molecule has 2 rings (SSSR count). The topological polar surface area (TPSA) is 73.6 Å². The molecule has 2 heterocycles. The van der Waals surface area contributed by atoms with E-state index >= 15 is 0 Å². The van der Waals surface area contributed by atoms with Gasteiger partial charge in [0.15, 0.2) is 11.5 Å². The predicted octanol–water partition coefficient (Wildman–Crippen LogP) is 0.591. The summed E-state index contributed by atoms with van der Waals surface area (Å²) in [6.07, 6.45) is 6.03. The molecule has 6 nitrogen and oxygen atoms in total. The number of hydrogen-bond acceptors (Lipinski definition) is 5. The predicted molar refractivity (Wildman–Crippen MR) is 66.3 cm³/mol. The molecule has 0 radical (unpaired) electrons. The van der Waals surface area contributed by atoms with Crippen molar-refractivity contribution in [2.75, 3.05) is 26.4 Å². The van der Waals surface area contributed by atoms with Gasteiger partial charge in [0.1, 0.15) is 13.2 Å². The van der Waals surface area contributed by atoms with Crippen LogP contribution in [0.4, 0.5) is 0 Å². The first kappa shape index (κ1) is 13.6. The van der Waals surface area contributed by atoms with Crippen LogP contribution in [0.5, 0.6) is 0 Å². The van der Waals surface area contributed by atoms with Gasteiger partial charge in [-0.3, -0.25) is 4.79 Å². The fourth-order valence-corrected chi connectivity index (χ4v) is 1.77.